The van der Waals surface area contributed by atoms with Gasteiger partial charge in [-0.2, -0.15) is 12.6 Å². The Morgan fingerprint density at radius 2 is 1.94 bits per heavy atom. The molecule has 2 fully saturated rings. The van der Waals surface area contributed by atoms with Crippen LogP contribution in [-0.4, -0.2) is 102 Å². The Balaban J connectivity index is 1.68. The molecule has 0 aromatic heterocycles. The van der Waals surface area contributed by atoms with Crippen LogP contribution in [0.15, 0.2) is 35.9 Å². The van der Waals surface area contributed by atoms with Gasteiger partial charge in [0.2, 0.25) is 11.8 Å². The lowest BCUT2D eigenvalue weighted by molar-refractivity contribution is -0.162. The SMILES string of the molecule is COCC(C)(S)CCC(=O)N(C)[C@@H](C)C(=O)O[C@H]1CC(=O)N(C)c2cc(cc(C)c2Cl)C/C(C)=C/C=C/[C@@H](C)[C@@]2(O)C[C@H](OC(=O)N2)[C@@H](C)[C@@H]2O[C@@]12C. The minimum absolute atomic E-state index is 0.0689. The number of allylic oxidation sites excluding steroid dienone is 3. The molecular formula is C39H56ClN3O9S. The molecule has 12 nitrogen and oxygen atoms in total. The number of nitrogens with zero attached hydrogens (tertiary/aromatic N) is 2. The van der Waals surface area contributed by atoms with Gasteiger partial charge in [-0.1, -0.05) is 55.3 Å². The monoisotopic (exact) mass is 777 g/mol. The summed E-state index contributed by atoms with van der Waals surface area (Å²) in [4.78, 5) is 56.6. The molecule has 3 aliphatic rings. The summed E-state index contributed by atoms with van der Waals surface area (Å²) in [5.41, 5.74) is 0.484. The fourth-order valence-electron chi connectivity index (χ4n) is 7.10. The number of amides is 3. The van der Waals surface area contributed by atoms with Crippen molar-refractivity contribution in [3.05, 3.63) is 52.1 Å². The summed E-state index contributed by atoms with van der Waals surface area (Å²) in [6.45, 7) is 13.1. The van der Waals surface area contributed by atoms with Crippen molar-refractivity contribution >= 4 is 53.8 Å². The van der Waals surface area contributed by atoms with Crippen molar-refractivity contribution in [2.45, 2.75) is 121 Å². The number of rotatable bonds is 8. The maximum atomic E-state index is 14.1. The van der Waals surface area contributed by atoms with Gasteiger partial charge in [0, 0.05) is 50.6 Å². The van der Waals surface area contributed by atoms with Gasteiger partial charge >= 0.3 is 12.1 Å². The lowest BCUT2D eigenvalue weighted by Gasteiger charge is -2.41. The van der Waals surface area contributed by atoms with Crippen molar-refractivity contribution < 1.29 is 43.2 Å². The number of halogens is 1. The van der Waals surface area contributed by atoms with E-state index in [-0.39, 0.29) is 31.1 Å². The zero-order chi connectivity index (χ0) is 39.6. The third-order valence-corrected chi connectivity index (χ3v) is 11.8. The Labute approximate surface area is 324 Å². The summed E-state index contributed by atoms with van der Waals surface area (Å²) in [5, 5.41) is 14.7. The number of aryl methyl sites for hydroxylation is 1. The maximum Gasteiger partial charge on any atom is 0.409 e. The minimum Gasteiger partial charge on any atom is -0.457 e. The van der Waals surface area contributed by atoms with Crippen LogP contribution < -0.4 is 10.2 Å². The number of carbonyl (C=O) groups excluding carboxylic acids is 4. The van der Waals surface area contributed by atoms with Gasteiger partial charge in [-0.05, 0) is 64.7 Å². The molecular weight excluding hydrogens is 722 g/mol. The van der Waals surface area contributed by atoms with Gasteiger partial charge < -0.3 is 33.9 Å². The first-order chi connectivity index (χ1) is 24.6. The molecule has 3 amide bonds. The Morgan fingerprint density at radius 3 is 2.60 bits per heavy atom. The number of nitrogens with one attached hydrogen (secondary N) is 1. The number of anilines is 1. The summed E-state index contributed by atoms with van der Waals surface area (Å²) in [5.74, 6) is -2.31. The highest BCUT2D eigenvalue weighted by molar-refractivity contribution is 7.81. The highest BCUT2D eigenvalue weighted by Gasteiger charge is 2.64. The zero-order valence-corrected chi connectivity index (χ0v) is 34.2. The van der Waals surface area contributed by atoms with Crippen LogP contribution in [0.5, 0.6) is 0 Å². The van der Waals surface area contributed by atoms with Crippen LogP contribution >= 0.6 is 24.2 Å². The number of likely N-dealkylation sites (N-methyl/N-ethyl adjacent to an activating group) is 1. The molecule has 14 heteroatoms. The number of alkyl carbamates (subject to hydrolysis) is 1. The fraction of sp³-hybridized carbons (Fsp3) is 0.641. The molecule has 0 saturated carbocycles. The molecule has 1 unspecified atom stereocenters. The van der Waals surface area contributed by atoms with Gasteiger partial charge in [0.15, 0.2) is 0 Å². The molecule has 0 spiro atoms. The van der Waals surface area contributed by atoms with E-state index in [9.17, 15) is 24.3 Å². The van der Waals surface area contributed by atoms with Crippen molar-refractivity contribution in [2.75, 3.05) is 32.7 Å². The van der Waals surface area contributed by atoms with E-state index in [4.69, 9.17) is 30.5 Å². The van der Waals surface area contributed by atoms with Crippen LogP contribution in [-0.2, 0) is 39.8 Å². The second-order valence-corrected chi connectivity index (χ2v) is 17.0. The molecule has 3 heterocycles. The lowest BCUT2D eigenvalue weighted by atomic mass is 9.82. The molecule has 0 radical (unpaired) electrons. The highest BCUT2D eigenvalue weighted by atomic mass is 35.5. The smallest absolute Gasteiger partial charge is 0.409 e. The van der Waals surface area contributed by atoms with Crippen LogP contribution in [0.1, 0.15) is 78.4 Å². The normalized spacial score (nSPS) is 32.5. The standard InChI is InChI=1S/C39H56ClN3O9S/c1-22-12-11-13-24(3)39(48)20-29(50-36(47)41-39)25(4)34-38(7,52-34)30(19-32(45)43(9)28-18-27(16-22)17-23(2)33(28)40)51-35(46)26(5)42(8)31(44)14-15-37(6,53)21-49-10/h11-13,17-18,24-26,29-30,34,48,53H,14-16,19-21H2,1-10H3,(H,41,47)/b13-11+,22-12+/t24-,25-,26+,29+,30+,34+,37?,38+,39+/m1/s1. The first-order valence-electron chi connectivity index (χ1n) is 18.1. The third-order valence-electron chi connectivity index (χ3n) is 11.0. The predicted octanol–water partition coefficient (Wildman–Crippen LogP) is 5.55. The predicted molar refractivity (Wildman–Crippen MR) is 206 cm³/mol. The number of ether oxygens (including phenoxy) is 4. The number of esters is 1. The van der Waals surface area contributed by atoms with E-state index in [1.165, 1.54) is 16.8 Å². The first kappa shape index (κ1) is 42.6. The van der Waals surface area contributed by atoms with Gasteiger partial charge in [-0.3, -0.25) is 14.9 Å². The van der Waals surface area contributed by atoms with E-state index in [1.54, 1.807) is 28.0 Å². The quantitative estimate of drug-likeness (QED) is 0.176. The second-order valence-electron chi connectivity index (χ2n) is 15.6. The topological polar surface area (TPSA) is 147 Å². The summed E-state index contributed by atoms with van der Waals surface area (Å²) in [6, 6.07) is 2.86. The van der Waals surface area contributed by atoms with Crippen LogP contribution in [0.2, 0.25) is 5.02 Å². The molecule has 294 valence electrons. The highest BCUT2D eigenvalue weighted by Crippen LogP contribution is 2.49. The molecule has 9 atom stereocenters. The Kier molecular flexibility index (Phi) is 13.5. The number of hydrogen-bond donors (Lipinski definition) is 3. The van der Waals surface area contributed by atoms with Gasteiger partial charge in [-0.25, -0.2) is 9.59 Å². The van der Waals surface area contributed by atoms with Crippen LogP contribution in [0, 0.1) is 18.8 Å². The van der Waals surface area contributed by atoms with Gasteiger partial charge in [0.05, 0.1) is 29.8 Å². The average Bonchev–Trinajstić information content (AvgIpc) is 3.78. The molecule has 4 bridgehead atoms. The number of fused-ring (bicyclic) bond motifs is 5. The number of aliphatic hydroxyl groups is 1. The average molecular weight is 778 g/mol. The number of benzene rings is 1. The van der Waals surface area contributed by atoms with Crippen molar-refractivity contribution in [2.24, 2.45) is 11.8 Å². The molecule has 2 N–H and O–H groups in total. The van der Waals surface area contributed by atoms with E-state index < -0.39 is 64.3 Å². The molecule has 3 aliphatic heterocycles. The van der Waals surface area contributed by atoms with Crippen LogP contribution in [0.3, 0.4) is 0 Å². The number of carbonyl (C=O) groups is 4. The second kappa shape index (κ2) is 16.7. The fourth-order valence-corrected chi connectivity index (χ4v) is 7.57. The zero-order valence-electron chi connectivity index (χ0n) is 32.5. The Bertz CT molecular complexity index is 1630. The van der Waals surface area contributed by atoms with E-state index >= 15 is 0 Å². The maximum absolute atomic E-state index is 14.1. The molecule has 1 aromatic carbocycles. The molecule has 2 saturated heterocycles. The summed E-state index contributed by atoms with van der Waals surface area (Å²) < 4.78 is 22.7. The largest absolute Gasteiger partial charge is 0.457 e. The van der Waals surface area contributed by atoms with Crippen molar-refractivity contribution in [1.82, 2.24) is 10.2 Å². The number of thiol groups is 1. The lowest BCUT2D eigenvalue weighted by Crippen LogP contribution is -2.60. The van der Waals surface area contributed by atoms with Crippen molar-refractivity contribution in [3.8, 4) is 0 Å². The summed E-state index contributed by atoms with van der Waals surface area (Å²) in [7, 11) is 4.72. The van der Waals surface area contributed by atoms with E-state index in [2.05, 4.69) is 17.9 Å². The van der Waals surface area contributed by atoms with Crippen LogP contribution in [0.4, 0.5) is 10.5 Å². The molecule has 53 heavy (non-hydrogen) atoms. The van der Waals surface area contributed by atoms with Crippen molar-refractivity contribution in [1.29, 1.82) is 0 Å². The van der Waals surface area contributed by atoms with Crippen molar-refractivity contribution in [3.63, 3.8) is 0 Å². The van der Waals surface area contributed by atoms with E-state index in [1.807, 2.05) is 65.0 Å². The number of hydrogen-bond acceptors (Lipinski definition) is 10. The number of methoxy groups -OCH3 is 1. The van der Waals surface area contributed by atoms with Gasteiger partial charge in [0.1, 0.15) is 29.6 Å². The van der Waals surface area contributed by atoms with Gasteiger partial charge in [-0.15, -0.1) is 0 Å². The third kappa shape index (κ3) is 9.96. The first-order valence-corrected chi connectivity index (χ1v) is 18.9. The Morgan fingerprint density at radius 1 is 1.26 bits per heavy atom. The minimum atomic E-state index is -1.60. The molecule has 1 aromatic rings. The number of epoxide rings is 1. The van der Waals surface area contributed by atoms with Crippen LogP contribution in [0.25, 0.3) is 0 Å². The van der Waals surface area contributed by atoms with E-state index in [0.29, 0.717) is 30.2 Å². The van der Waals surface area contributed by atoms with E-state index in [0.717, 1.165) is 16.7 Å². The van der Waals surface area contributed by atoms with Gasteiger partial charge in [0.25, 0.3) is 0 Å². The molecule has 4 rings (SSSR count). The summed E-state index contributed by atoms with van der Waals surface area (Å²) >= 11 is 11.4. The Hall–Kier alpha value is -3.10. The molecule has 0 aliphatic carbocycles. The summed E-state index contributed by atoms with van der Waals surface area (Å²) in [6.07, 6.45) is 3.34.